The summed E-state index contributed by atoms with van der Waals surface area (Å²) in [6, 6.07) is 19.7. The summed E-state index contributed by atoms with van der Waals surface area (Å²) >= 11 is 6.56. The van der Waals surface area contributed by atoms with E-state index < -0.39 is 0 Å². The van der Waals surface area contributed by atoms with E-state index in [1.807, 2.05) is 36.4 Å². The van der Waals surface area contributed by atoms with Crippen molar-refractivity contribution >= 4 is 43.9 Å². The van der Waals surface area contributed by atoms with E-state index in [9.17, 15) is 5.11 Å². The van der Waals surface area contributed by atoms with Gasteiger partial charge < -0.3 is 5.11 Å². The van der Waals surface area contributed by atoms with Crippen molar-refractivity contribution in [1.29, 1.82) is 0 Å². The Bertz CT molecular complexity index is 973. The molecule has 0 saturated heterocycles. The molecular weight excluding hydrogens is 268 g/mol. The molecule has 96 valence electrons. The molecule has 0 radical (unpaired) electrons. The van der Waals surface area contributed by atoms with Gasteiger partial charge in [0.2, 0.25) is 0 Å². The zero-order valence-electron chi connectivity index (χ0n) is 10.6. The molecule has 0 bridgehead atoms. The van der Waals surface area contributed by atoms with Gasteiger partial charge in [-0.2, -0.15) is 0 Å². The molecule has 0 fully saturated rings. The zero-order valence-corrected chi connectivity index (χ0v) is 11.4. The van der Waals surface area contributed by atoms with E-state index in [0.29, 0.717) is 0 Å². The van der Waals surface area contributed by atoms with E-state index in [2.05, 4.69) is 12.1 Å². The Morgan fingerprint density at radius 1 is 0.650 bits per heavy atom. The molecule has 4 aromatic rings. The number of phenols is 1. The van der Waals surface area contributed by atoms with Crippen LogP contribution in [-0.2, 0) is 0 Å². The Labute approximate surface area is 121 Å². The summed E-state index contributed by atoms with van der Waals surface area (Å²) in [6.07, 6.45) is 0. The standard InChI is InChI=1S/C18H11ClO/c19-18-15-4-2-1-3-11(15)10-17-14-8-6-13(20)9-12(14)5-7-16(17)18/h1-10,20H. The lowest BCUT2D eigenvalue weighted by atomic mass is 9.98. The van der Waals surface area contributed by atoms with E-state index in [4.69, 9.17) is 11.6 Å². The molecule has 0 heterocycles. The van der Waals surface area contributed by atoms with Crippen LogP contribution in [-0.4, -0.2) is 5.11 Å². The van der Waals surface area contributed by atoms with Crippen molar-refractivity contribution in [1.82, 2.24) is 0 Å². The van der Waals surface area contributed by atoms with Crippen molar-refractivity contribution in [2.24, 2.45) is 0 Å². The van der Waals surface area contributed by atoms with E-state index in [1.165, 1.54) is 0 Å². The molecule has 0 spiro atoms. The quantitative estimate of drug-likeness (QED) is 0.332. The molecule has 0 unspecified atom stereocenters. The Morgan fingerprint density at radius 2 is 1.40 bits per heavy atom. The van der Waals surface area contributed by atoms with Gasteiger partial charge in [0.25, 0.3) is 0 Å². The maximum Gasteiger partial charge on any atom is 0.116 e. The fourth-order valence-electron chi connectivity index (χ4n) is 2.81. The number of hydrogen-bond acceptors (Lipinski definition) is 1. The SMILES string of the molecule is Oc1ccc2c(ccc3c(Cl)c4ccccc4cc32)c1. The van der Waals surface area contributed by atoms with Gasteiger partial charge in [0.05, 0.1) is 5.02 Å². The van der Waals surface area contributed by atoms with Crippen LogP contribution in [0.25, 0.3) is 32.3 Å². The van der Waals surface area contributed by atoms with Gasteiger partial charge in [0.15, 0.2) is 0 Å². The molecule has 0 aliphatic rings. The minimum atomic E-state index is 0.281. The summed E-state index contributed by atoms with van der Waals surface area (Å²) in [6.45, 7) is 0. The van der Waals surface area contributed by atoms with E-state index in [-0.39, 0.29) is 5.75 Å². The molecule has 1 N–H and O–H groups in total. The van der Waals surface area contributed by atoms with Crippen molar-refractivity contribution in [2.45, 2.75) is 0 Å². The Morgan fingerprint density at radius 3 is 2.30 bits per heavy atom. The Kier molecular flexibility index (Phi) is 2.38. The number of halogens is 1. The highest BCUT2D eigenvalue weighted by Gasteiger charge is 2.08. The lowest BCUT2D eigenvalue weighted by molar-refractivity contribution is 0.476. The van der Waals surface area contributed by atoms with Gasteiger partial charge in [-0.05, 0) is 39.7 Å². The number of benzene rings is 4. The molecule has 0 amide bonds. The molecule has 2 heteroatoms. The van der Waals surface area contributed by atoms with Crippen LogP contribution in [0.3, 0.4) is 0 Å². The summed E-state index contributed by atoms with van der Waals surface area (Å²) in [5.74, 6) is 0.281. The lowest BCUT2D eigenvalue weighted by Crippen LogP contribution is -1.82. The molecule has 20 heavy (non-hydrogen) atoms. The molecule has 0 aliphatic heterocycles. The van der Waals surface area contributed by atoms with E-state index in [0.717, 1.165) is 37.3 Å². The fraction of sp³-hybridized carbons (Fsp3) is 0. The average Bonchev–Trinajstić information content (AvgIpc) is 2.47. The third-order valence-electron chi connectivity index (χ3n) is 3.78. The third kappa shape index (κ3) is 1.57. The molecule has 0 aromatic heterocycles. The van der Waals surface area contributed by atoms with Gasteiger partial charge in [-0.25, -0.2) is 0 Å². The van der Waals surface area contributed by atoms with Gasteiger partial charge in [-0.15, -0.1) is 0 Å². The predicted octanol–water partition coefficient (Wildman–Crippen LogP) is 5.51. The first-order valence-electron chi connectivity index (χ1n) is 6.47. The van der Waals surface area contributed by atoms with Crippen LogP contribution >= 0.6 is 11.6 Å². The molecule has 0 atom stereocenters. The Hall–Kier alpha value is -2.25. The van der Waals surface area contributed by atoms with Crippen molar-refractivity contribution in [3.8, 4) is 5.75 Å². The molecule has 1 nitrogen and oxygen atoms in total. The maximum atomic E-state index is 9.60. The van der Waals surface area contributed by atoms with Crippen LogP contribution in [0, 0.1) is 0 Å². The van der Waals surface area contributed by atoms with Crippen LogP contribution in [0.1, 0.15) is 0 Å². The highest BCUT2D eigenvalue weighted by Crippen LogP contribution is 2.36. The maximum absolute atomic E-state index is 9.60. The summed E-state index contributed by atoms with van der Waals surface area (Å²) in [5.41, 5.74) is 0. The molecule has 4 rings (SSSR count). The zero-order chi connectivity index (χ0) is 13.7. The van der Waals surface area contributed by atoms with Gasteiger partial charge >= 0.3 is 0 Å². The first-order valence-corrected chi connectivity index (χ1v) is 6.84. The van der Waals surface area contributed by atoms with Crippen LogP contribution in [0.5, 0.6) is 5.75 Å². The largest absolute Gasteiger partial charge is 0.508 e. The van der Waals surface area contributed by atoms with Gasteiger partial charge in [0, 0.05) is 10.8 Å². The van der Waals surface area contributed by atoms with Crippen molar-refractivity contribution in [3.63, 3.8) is 0 Å². The van der Waals surface area contributed by atoms with Gasteiger partial charge in [0.1, 0.15) is 5.75 Å². The first kappa shape index (κ1) is 11.6. The number of aromatic hydroxyl groups is 1. The lowest BCUT2D eigenvalue weighted by Gasteiger charge is -2.09. The summed E-state index contributed by atoms with van der Waals surface area (Å²) < 4.78 is 0. The summed E-state index contributed by atoms with van der Waals surface area (Å²) in [4.78, 5) is 0. The molecule has 0 saturated carbocycles. The monoisotopic (exact) mass is 278 g/mol. The van der Waals surface area contributed by atoms with Crippen molar-refractivity contribution in [2.75, 3.05) is 0 Å². The average molecular weight is 279 g/mol. The Balaban J connectivity index is 2.27. The van der Waals surface area contributed by atoms with Crippen LogP contribution < -0.4 is 0 Å². The smallest absolute Gasteiger partial charge is 0.116 e. The van der Waals surface area contributed by atoms with E-state index >= 15 is 0 Å². The second-order valence-electron chi connectivity index (χ2n) is 4.98. The normalized spacial score (nSPS) is 11.4. The van der Waals surface area contributed by atoms with Crippen LogP contribution in [0.15, 0.2) is 60.7 Å². The molecule has 4 aromatic carbocycles. The number of fused-ring (bicyclic) bond motifs is 4. The van der Waals surface area contributed by atoms with Crippen LogP contribution in [0.2, 0.25) is 5.02 Å². The highest BCUT2D eigenvalue weighted by atomic mass is 35.5. The topological polar surface area (TPSA) is 20.2 Å². The minimum Gasteiger partial charge on any atom is -0.508 e. The summed E-state index contributed by atoms with van der Waals surface area (Å²) in [5, 5.41) is 16.9. The first-order chi connectivity index (χ1) is 9.74. The molecule has 0 aliphatic carbocycles. The second kappa shape index (κ2) is 4.12. The number of phenolic OH excluding ortho intramolecular Hbond substituents is 1. The molecular formula is C18H11ClO. The van der Waals surface area contributed by atoms with E-state index in [1.54, 1.807) is 12.1 Å². The highest BCUT2D eigenvalue weighted by molar-refractivity contribution is 6.41. The number of hydrogen-bond donors (Lipinski definition) is 1. The van der Waals surface area contributed by atoms with Gasteiger partial charge in [-0.1, -0.05) is 54.1 Å². The summed E-state index contributed by atoms with van der Waals surface area (Å²) in [7, 11) is 0. The minimum absolute atomic E-state index is 0.281. The second-order valence-corrected chi connectivity index (χ2v) is 5.36. The predicted molar refractivity (Wildman–Crippen MR) is 85.6 cm³/mol. The van der Waals surface area contributed by atoms with Crippen molar-refractivity contribution in [3.05, 3.63) is 65.7 Å². The van der Waals surface area contributed by atoms with Crippen molar-refractivity contribution < 1.29 is 5.11 Å². The fourth-order valence-corrected chi connectivity index (χ4v) is 3.15. The van der Waals surface area contributed by atoms with Crippen LogP contribution in [0.4, 0.5) is 0 Å². The number of rotatable bonds is 0. The van der Waals surface area contributed by atoms with Gasteiger partial charge in [-0.3, -0.25) is 0 Å². The third-order valence-corrected chi connectivity index (χ3v) is 4.19.